The molecule has 8 heteroatoms. The second-order valence-electron chi connectivity index (χ2n) is 3.93. The number of carbonyl (C=O) groups excluding carboxylic acids is 1. The van der Waals surface area contributed by atoms with Crippen LogP contribution in [0.15, 0.2) is 30.3 Å². The molecule has 0 unspecified atom stereocenters. The lowest BCUT2D eigenvalue weighted by Crippen LogP contribution is -2.36. The van der Waals surface area contributed by atoms with Crippen molar-refractivity contribution in [1.82, 2.24) is 0 Å². The molecular weight excluding hydrogens is 285 g/mol. The Labute approximate surface area is 111 Å². The van der Waals surface area contributed by atoms with Gasteiger partial charge in [0.05, 0.1) is 6.61 Å². The number of para-hydroxylation sites is 1. The number of benzene rings is 1. The fourth-order valence-electron chi connectivity index (χ4n) is 1.28. The third-order valence-corrected chi connectivity index (χ3v) is 2.30. The Morgan fingerprint density at radius 1 is 1.10 bits per heavy atom. The van der Waals surface area contributed by atoms with Crippen molar-refractivity contribution in [2.24, 2.45) is 0 Å². The first-order valence-electron chi connectivity index (χ1n) is 5.66. The SMILES string of the molecule is O=C(Nc1ccccc1)OCCCC(F)(F)C(F)(F)F. The number of rotatable bonds is 5. The summed E-state index contributed by atoms with van der Waals surface area (Å²) in [6, 6.07) is 8.16. The van der Waals surface area contributed by atoms with Crippen LogP contribution in [0.4, 0.5) is 32.4 Å². The maximum atomic E-state index is 12.5. The Balaban J connectivity index is 2.26. The first-order valence-corrected chi connectivity index (χ1v) is 5.66. The number of anilines is 1. The highest BCUT2D eigenvalue weighted by atomic mass is 19.4. The smallest absolute Gasteiger partial charge is 0.449 e. The minimum Gasteiger partial charge on any atom is -0.449 e. The van der Waals surface area contributed by atoms with E-state index in [1.165, 1.54) is 0 Å². The molecule has 0 saturated heterocycles. The van der Waals surface area contributed by atoms with E-state index in [0.717, 1.165) is 0 Å². The van der Waals surface area contributed by atoms with E-state index in [1.807, 2.05) is 0 Å². The van der Waals surface area contributed by atoms with Gasteiger partial charge in [-0.2, -0.15) is 22.0 Å². The van der Waals surface area contributed by atoms with Gasteiger partial charge in [-0.15, -0.1) is 0 Å². The maximum Gasteiger partial charge on any atom is 0.453 e. The second-order valence-corrected chi connectivity index (χ2v) is 3.93. The molecule has 0 fully saturated rings. The fraction of sp³-hybridized carbons (Fsp3) is 0.417. The van der Waals surface area contributed by atoms with Crippen LogP contribution in [0.1, 0.15) is 12.8 Å². The second kappa shape index (κ2) is 6.53. The molecule has 0 heterocycles. The quantitative estimate of drug-likeness (QED) is 0.653. The largest absolute Gasteiger partial charge is 0.453 e. The van der Waals surface area contributed by atoms with Crippen molar-refractivity contribution in [2.45, 2.75) is 24.9 Å². The Morgan fingerprint density at radius 3 is 2.25 bits per heavy atom. The molecular formula is C12H12F5NO2. The predicted octanol–water partition coefficient (Wildman–Crippen LogP) is 4.21. The van der Waals surface area contributed by atoms with Crippen molar-refractivity contribution < 1.29 is 31.5 Å². The van der Waals surface area contributed by atoms with Gasteiger partial charge >= 0.3 is 18.2 Å². The van der Waals surface area contributed by atoms with Gasteiger partial charge in [-0.3, -0.25) is 5.32 Å². The number of carbonyl (C=O) groups is 1. The molecule has 0 aromatic heterocycles. The molecule has 0 aliphatic carbocycles. The van der Waals surface area contributed by atoms with Crippen LogP contribution in [0.2, 0.25) is 0 Å². The highest BCUT2D eigenvalue weighted by Gasteiger charge is 2.56. The molecule has 112 valence electrons. The van der Waals surface area contributed by atoms with Crippen LogP contribution in [0.5, 0.6) is 0 Å². The van der Waals surface area contributed by atoms with E-state index in [0.29, 0.717) is 5.69 Å². The third kappa shape index (κ3) is 5.02. The number of ether oxygens (including phenoxy) is 1. The average Bonchev–Trinajstić information content (AvgIpc) is 2.34. The molecule has 1 aromatic rings. The van der Waals surface area contributed by atoms with Gasteiger partial charge in [-0.1, -0.05) is 18.2 Å². The summed E-state index contributed by atoms with van der Waals surface area (Å²) in [4.78, 5) is 11.2. The van der Waals surface area contributed by atoms with Crippen LogP contribution < -0.4 is 5.32 Å². The van der Waals surface area contributed by atoms with Crippen LogP contribution in [0.3, 0.4) is 0 Å². The van der Waals surface area contributed by atoms with E-state index in [2.05, 4.69) is 10.1 Å². The van der Waals surface area contributed by atoms with Crippen LogP contribution in [0, 0.1) is 0 Å². The zero-order chi connectivity index (χ0) is 15.2. The lowest BCUT2D eigenvalue weighted by molar-refractivity contribution is -0.284. The highest BCUT2D eigenvalue weighted by Crippen LogP contribution is 2.38. The molecule has 0 spiro atoms. The van der Waals surface area contributed by atoms with Gasteiger partial charge < -0.3 is 4.74 Å². The van der Waals surface area contributed by atoms with Gasteiger partial charge in [-0.05, 0) is 18.6 Å². The molecule has 0 saturated carbocycles. The molecule has 20 heavy (non-hydrogen) atoms. The standard InChI is InChI=1S/C12H12F5NO2/c13-11(14,12(15,16)17)7-4-8-20-10(19)18-9-5-2-1-3-6-9/h1-3,5-6H,4,7-8H2,(H,18,19). The number of halogens is 5. The number of alkyl halides is 5. The van der Waals surface area contributed by atoms with Gasteiger partial charge in [0.25, 0.3) is 0 Å². The van der Waals surface area contributed by atoms with Crippen LogP contribution in [0.25, 0.3) is 0 Å². The molecule has 0 bridgehead atoms. The van der Waals surface area contributed by atoms with Crippen LogP contribution >= 0.6 is 0 Å². The van der Waals surface area contributed by atoms with E-state index >= 15 is 0 Å². The summed E-state index contributed by atoms with van der Waals surface area (Å²) in [7, 11) is 0. The molecule has 0 radical (unpaired) electrons. The lowest BCUT2D eigenvalue weighted by atomic mass is 10.2. The zero-order valence-electron chi connectivity index (χ0n) is 10.2. The summed E-state index contributed by atoms with van der Waals surface area (Å²) in [5.74, 6) is -4.77. The van der Waals surface area contributed by atoms with Crippen LogP contribution in [-0.2, 0) is 4.74 Å². The van der Waals surface area contributed by atoms with Crippen molar-refractivity contribution in [3.8, 4) is 0 Å². The van der Waals surface area contributed by atoms with Crippen molar-refractivity contribution in [3.63, 3.8) is 0 Å². The summed E-state index contributed by atoms with van der Waals surface area (Å²) in [5, 5.41) is 2.30. The lowest BCUT2D eigenvalue weighted by Gasteiger charge is -2.19. The summed E-state index contributed by atoms with van der Waals surface area (Å²) in [6.45, 7) is -0.523. The molecule has 0 aliphatic heterocycles. The topological polar surface area (TPSA) is 38.3 Å². The summed E-state index contributed by atoms with van der Waals surface area (Å²) >= 11 is 0. The van der Waals surface area contributed by atoms with Crippen molar-refractivity contribution in [3.05, 3.63) is 30.3 Å². The molecule has 1 aromatic carbocycles. The summed E-state index contributed by atoms with van der Waals surface area (Å²) < 4.78 is 65.1. The van der Waals surface area contributed by atoms with Gasteiger partial charge in [0.2, 0.25) is 0 Å². The number of hydrogen-bond acceptors (Lipinski definition) is 2. The van der Waals surface area contributed by atoms with E-state index < -0.39 is 37.6 Å². The first-order chi connectivity index (χ1) is 9.22. The van der Waals surface area contributed by atoms with E-state index in [1.54, 1.807) is 30.3 Å². The van der Waals surface area contributed by atoms with Gasteiger partial charge in [-0.25, -0.2) is 4.79 Å². The third-order valence-electron chi connectivity index (χ3n) is 2.30. The Hall–Kier alpha value is -1.86. The Bertz CT molecular complexity index is 433. The van der Waals surface area contributed by atoms with Gasteiger partial charge in [0.15, 0.2) is 0 Å². The van der Waals surface area contributed by atoms with E-state index in [-0.39, 0.29) is 0 Å². The minimum atomic E-state index is -5.58. The van der Waals surface area contributed by atoms with E-state index in [9.17, 15) is 26.7 Å². The normalized spacial score (nSPS) is 12.1. The van der Waals surface area contributed by atoms with Crippen LogP contribution in [-0.4, -0.2) is 24.8 Å². The molecule has 1 amide bonds. The number of nitrogens with one attached hydrogen (secondary N) is 1. The predicted molar refractivity (Wildman–Crippen MR) is 61.6 cm³/mol. The van der Waals surface area contributed by atoms with E-state index in [4.69, 9.17) is 0 Å². The molecule has 1 rings (SSSR count). The number of hydrogen-bond donors (Lipinski definition) is 1. The van der Waals surface area contributed by atoms with Gasteiger partial charge in [0, 0.05) is 12.1 Å². The molecule has 3 nitrogen and oxygen atoms in total. The zero-order valence-corrected chi connectivity index (χ0v) is 10.2. The fourth-order valence-corrected chi connectivity index (χ4v) is 1.28. The highest BCUT2D eigenvalue weighted by molar-refractivity contribution is 5.84. The van der Waals surface area contributed by atoms with Gasteiger partial charge in [0.1, 0.15) is 0 Å². The summed E-state index contributed by atoms with van der Waals surface area (Å²) in [5.41, 5.74) is 0.429. The van der Waals surface area contributed by atoms with Crippen molar-refractivity contribution in [1.29, 1.82) is 0 Å². The van der Waals surface area contributed by atoms with Crippen molar-refractivity contribution >= 4 is 11.8 Å². The number of amides is 1. The molecule has 0 atom stereocenters. The monoisotopic (exact) mass is 297 g/mol. The first kappa shape index (κ1) is 16.2. The summed E-state index contributed by atoms with van der Waals surface area (Å²) in [6.07, 6.45) is -8.50. The molecule has 1 N–H and O–H groups in total. The Kier molecular flexibility index (Phi) is 5.29. The Morgan fingerprint density at radius 2 is 1.70 bits per heavy atom. The molecule has 0 aliphatic rings. The average molecular weight is 297 g/mol. The van der Waals surface area contributed by atoms with Crippen molar-refractivity contribution in [2.75, 3.05) is 11.9 Å². The minimum absolute atomic E-state index is 0.429. The maximum absolute atomic E-state index is 12.5.